The summed E-state index contributed by atoms with van der Waals surface area (Å²) in [5.74, 6) is -2.06. The molecule has 0 aliphatic heterocycles. The number of hydrogen-bond acceptors (Lipinski definition) is 5. The molecule has 0 aliphatic carbocycles. The van der Waals surface area contributed by atoms with Crippen LogP contribution in [-0.4, -0.2) is 27.6 Å². The highest BCUT2D eigenvalue weighted by atomic mass is 19.4. The number of alkyl halides is 3. The highest BCUT2D eigenvalue weighted by Gasteiger charge is 2.35. The average molecular weight is 518 g/mol. The summed E-state index contributed by atoms with van der Waals surface area (Å²) in [4.78, 5) is 33.0. The van der Waals surface area contributed by atoms with Crippen molar-refractivity contribution in [2.75, 3.05) is 23.0 Å². The quantitative estimate of drug-likeness (QED) is 0.319. The number of pyridine rings is 3. The Morgan fingerprint density at radius 2 is 1.68 bits per heavy atom. The van der Waals surface area contributed by atoms with E-state index in [0.717, 1.165) is 6.07 Å². The Balaban J connectivity index is 1.70. The summed E-state index contributed by atoms with van der Waals surface area (Å²) < 4.78 is 69.0. The van der Waals surface area contributed by atoms with Crippen molar-refractivity contribution in [1.82, 2.24) is 14.5 Å². The number of rotatable bonds is 4. The van der Waals surface area contributed by atoms with E-state index in [1.165, 1.54) is 10.6 Å². The smallest absolute Gasteiger partial charge is 0.373 e. The van der Waals surface area contributed by atoms with Crippen molar-refractivity contribution in [2.24, 2.45) is 7.05 Å². The van der Waals surface area contributed by atoms with Gasteiger partial charge in [-0.15, -0.1) is 0 Å². The SMILES string of the molecule is CNc1cc2c(cn1)cc(-c1cc(NC(=O)Nc3cncc(C(F)(F)F)c3F)c(F)cc1C)c(=O)n2C. The summed E-state index contributed by atoms with van der Waals surface area (Å²) in [6.45, 7) is 1.57. The van der Waals surface area contributed by atoms with Gasteiger partial charge < -0.3 is 20.5 Å². The molecule has 0 saturated carbocycles. The minimum absolute atomic E-state index is 0.197. The zero-order valence-corrected chi connectivity index (χ0v) is 19.6. The van der Waals surface area contributed by atoms with Gasteiger partial charge in [0, 0.05) is 43.5 Å². The molecule has 37 heavy (non-hydrogen) atoms. The maximum absolute atomic E-state index is 14.7. The molecule has 0 atom stereocenters. The fourth-order valence-electron chi connectivity index (χ4n) is 3.76. The Morgan fingerprint density at radius 1 is 0.973 bits per heavy atom. The van der Waals surface area contributed by atoms with Crippen molar-refractivity contribution in [3.05, 3.63) is 76.0 Å². The molecule has 3 heterocycles. The van der Waals surface area contributed by atoms with Crippen LogP contribution in [0.1, 0.15) is 11.1 Å². The number of carbonyl (C=O) groups excluding carboxylic acids is 1. The van der Waals surface area contributed by atoms with E-state index in [1.807, 2.05) is 5.32 Å². The molecule has 0 unspecified atom stereocenters. The molecule has 2 amide bonds. The van der Waals surface area contributed by atoms with Crippen LogP contribution in [0.3, 0.4) is 0 Å². The molecule has 192 valence electrons. The summed E-state index contributed by atoms with van der Waals surface area (Å²) >= 11 is 0. The molecule has 0 saturated heterocycles. The van der Waals surface area contributed by atoms with Crippen molar-refractivity contribution in [2.45, 2.75) is 13.1 Å². The van der Waals surface area contributed by atoms with Gasteiger partial charge in [0.25, 0.3) is 5.56 Å². The van der Waals surface area contributed by atoms with Gasteiger partial charge in [0.15, 0.2) is 5.82 Å². The molecule has 0 bridgehead atoms. The van der Waals surface area contributed by atoms with Crippen molar-refractivity contribution in [3.8, 4) is 11.1 Å². The maximum Gasteiger partial charge on any atom is 0.420 e. The summed E-state index contributed by atoms with van der Waals surface area (Å²) in [6.07, 6.45) is -2.50. The Bertz CT molecular complexity index is 1600. The lowest BCUT2D eigenvalue weighted by atomic mass is 9.99. The number of benzene rings is 1. The second-order valence-corrected chi connectivity index (χ2v) is 8.07. The van der Waals surface area contributed by atoms with Crippen molar-refractivity contribution < 1.29 is 26.7 Å². The van der Waals surface area contributed by atoms with Crippen molar-refractivity contribution in [1.29, 1.82) is 0 Å². The van der Waals surface area contributed by atoms with Crippen LogP contribution < -0.4 is 21.5 Å². The number of carbonyl (C=O) groups is 1. The number of anilines is 3. The lowest BCUT2D eigenvalue weighted by Gasteiger charge is -2.15. The van der Waals surface area contributed by atoms with E-state index in [-0.39, 0.29) is 17.4 Å². The third-order valence-corrected chi connectivity index (χ3v) is 5.65. The molecule has 0 aliphatic rings. The van der Waals surface area contributed by atoms with Crippen LogP contribution in [0.15, 0.2) is 47.7 Å². The van der Waals surface area contributed by atoms with Gasteiger partial charge in [-0.05, 0) is 36.2 Å². The zero-order chi connectivity index (χ0) is 27.1. The van der Waals surface area contributed by atoms with Crippen molar-refractivity contribution in [3.63, 3.8) is 0 Å². The first-order valence-electron chi connectivity index (χ1n) is 10.7. The third-order valence-electron chi connectivity index (χ3n) is 5.65. The van der Waals surface area contributed by atoms with E-state index in [1.54, 1.807) is 39.3 Å². The van der Waals surface area contributed by atoms with Crippen LogP contribution in [0, 0.1) is 18.6 Å². The van der Waals surface area contributed by atoms with E-state index >= 15 is 0 Å². The molecule has 0 spiro atoms. The Kier molecular flexibility index (Phi) is 6.55. The molecule has 3 aromatic heterocycles. The molecular weight excluding hydrogens is 499 g/mol. The minimum Gasteiger partial charge on any atom is -0.373 e. The number of urea groups is 1. The second kappa shape index (κ2) is 9.48. The van der Waals surface area contributed by atoms with Gasteiger partial charge in [-0.1, -0.05) is 0 Å². The molecule has 0 radical (unpaired) electrons. The minimum atomic E-state index is -5.03. The summed E-state index contributed by atoms with van der Waals surface area (Å²) in [7, 11) is 3.25. The first-order chi connectivity index (χ1) is 17.4. The number of nitrogens with zero attached hydrogens (tertiary/aromatic N) is 3. The normalized spacial score (nSPS) is 11.5. The van der Waals surface area contributed by atoms with E-state index in [9.17, 15) is 31.5 Å². The molecular formula is C24H19F5N6O2. The topological polar surface area (TPSA) is 101 Å². The predicted octanol–water partition coefficient (Wildman–Crippen LogP) is 5.29. The largest absolute Gasteiger partial charge is 0.420 e. The Hall–Kier alpha value is -4.55. The van der Waals surface area contributed by atoms with Crippen LogP contribution in [0.25, 0.3) is 22.0 Å². The maximum atomic E-state index is 14.7. The van der Waals surface area contributed by atoms with Gasteiger partial charge >= 0.3 is 12.2 Å². The van der Waals surface area contributed by atoms with E-state index in [2.05, 4.69) is 20.6 Å². The molecule has 4 aromatic rings. The van der Waals surface area contributed by atoms with Gasteiger partial charge in [0.2, 0.25) is 0 Å². The van der Waals surface area contributed by atoms with Crippen LogP contribution in [0.5, 0.6) is 0 Å². The fourth-order valence-corrected chi connectivity index (χ4v) is 3.76. The van der Waals surface area contributed by atoms with Gasteiger partial charge in [-0.3, -0.25) is 9.78 Å². The molecule has 3 N–H and O–H groups in total. The van der Waals surface area contributed by atoms with Gasteiger partial charge in [-0.2, -0.15) is 13.2 Å². The van der Waals surface area contributed by atoms with Crippen LogP contribution in [0.4, 0.5) is 43.9 Å². The number of hydrogen-bond donors (Lipinski definition) is 3. The number of aryl methyl sites for hydroxylation is 2. The molecule has 13 heteroatoms. The molecule has 4 rings (SSSR count). The average Bonchev–Trinajstić information content (AvgIpc) is 2.83. The third kappa shape index (κ3) is 4.92. The summed E-state index contributed by atoms with van der Waals surface area (Å²) in [6, 6.07) is 4.35. The summed E-state index contributed by atoms with van der Waals surface area (Å²) in [5, 5.41) is 7.54. The fraction of sp³-hybridized carbons (Fsp3) is 0.167. The van der Waals surface area contributed by atoms with E-state index in [4.69, 9.17) is 0 Å². The number of halogens is 5. The number of amides is 2. The number of fused-ring (bicyclic) bond motifs is 1. The van der Waals surface area contributed by atoms with E-state index < -0.39 is 40.7 Å². The van der Waals surface area contributed by atoms with Gasteiger partial charge in [0.05, 0.1) is 23.1 Å². The standard InChI is InChI=1S/C24H19F5N6O2/c1-11-4-16(25)17(33-23(37)34-18-10-31-9-15(21(18)26)24(27,28)29)6-13(11)14-5-12-8-32-20(30-2)7-19(12)35(3)22(14)36/h4-10H,1-3H3,(H,30,32)(H2,33,34,37). The molecule has 1 aromatic carbocycles. The lowest BCUT2D eigenvalue weighted by molar-refractivity contribution is -0.140. The highest BCUT2D eigenvalue weighted by Crippen LogP contribution is 2.33. The monoisotopic (exact) mass is 518 g/mol. The van der Waals surface area contributed by atoms with Crippen LogP contribution in [-0.2, 0) is 13.2 Å². The zero-order valence-electron chi connectivity index (χ0n) is 19.6. The Morgan fingerprint density at radius 3 is 2.35 bits per heavy atom. The first-order valence-corrected chi connectivity index (χ1v) is 10.7. The highest BCUT2D eigenvalue weighted by molar-refractivity contribution is 6.00. The van der Waals surface area contributed by atoms with Crippen LogP contribution in [0.2, 0.25) is 0 Å². The van der Waals surface area contributed by atoms with E-state index in [0.29, 0.717) is 34.0 Å². The van der Waals surface area contributed by atoms with Crippen molar-refractivity contribution >= 4 is 34.1 Å². The molecule has 0 fully saturated rings. The lowest BCUT2D eigenvalue weighted by Crippen LogP contribution is -2.22. The van der Waals surface area contributed by atoms with Gasteiger partial charge in [-0.25, -0.2) is 18.6 Å². The number of aromatic nitrogens is 3. The predicted molar refractivity (Wildman–Crippen MR) is 129 cm³/mol. The first kappa shape index (κ1) is 25.5. The second-order valence-electron chi connectivity index (χ2n) is 8.07. The number of nitrogens with one attached hydrogen (secondary N) is 3. The summed E-state index contributed by atoms with van der Waals surface area (Å²) in [5.41, 5.74) is -1.83. The Labute approximate surface area is 206 Å². The molecule has 8 nitrogen and oxygen atoms in total. The van der Waals surface area contributed by atoms with Crippen LogP contribution >= 0.6 is 0 Å². The van der Waals surface area contributed by atoms with Gasteiger partial charge in [0.1, 0.15) is 17.2 Å².